The zero-order valence-corrected chi connectivity index (χ0v) is 23.0. The number of nitrogens with zero attached hydrogens (tertiary/aromatic N) is 4. The first-order valence-electron chi connectivity index (χ1n) is 12.7. The van der Waals surface area contributed by atoms with Gasteiger partial charge in [-0.2, -0.15) is 4.31 Å². The summed E-state index contributed by atoms with van der Waals surface area (Å²) in [4.78, 5) is 25.1. The Hall–Kier alpha value is -3.34. The number of rotatable bonds is 8. The van der Waals surface area contributed by atoms with Crippen LogP contribution in [-0.2, 0) is 21.4 Å². The van der Waals surface area contributed by atoms with Gasteiger partial charge in [-0.3, -0.25) is 14.7 Å². The number of aryl methyl sites for hydroxylation is 1. The van der Waals surface area contributed by atoms with Crippen LogP contribution < -0.4 is 9.64 Å². The van der Waals surface area contributed by atoms with Gasteiger partial charge in [0.05, 0.1) is 28.4 Å². The molecule has 5 rings (SSSR count). The molecule has 3 heterocycles. The van der Waals surface area contributed by atoms with Crippen molar-refractivity contribution in [2.75, 3.05) is 24.6 Å². The van der Waals surface area contributed by atoms with E-state index < -0.39 is 10.0 Å². The van der Waals surface area contributed by atoms with Gasteiger partial charge in [-0.1, -0.05) is 41.2 Å². The number of carbonyl (C=O) groups excluding carboxylic acids is 1. The summed E-state index contributed by atoms with van der Waals surface area (Å²) in [5.41, 5.74) is 2.49. The lowest BCUT2D eigenvalue weighted by Gasteiger charge is -2.33. The number of piperidine rings is 1. The first kappa shape index (κ1) is 26.3. The molecule has 0 N–H and O–H groups in total. The highest BCUT2D eigenvalue weighted by atomic mass is 32.2. The molecule has 0 aliphatic carbocycles. The van der Waals surface area contributed by atoms with Crippen molar-refractivity contribution in [2.45, 2.75) is 38.1 Å². The van der Waals surface area contributed by atoms with E-state index in [1.165, 1.54) is 15.6 Å². The van der Waals surface area contributed by atoms with Crippen LogP contribution in [0.4, 0.5) is 5.13 Å². The number of anilines is 1. The average Bonchev–Trinajstić information content (AvgIpc) is 3.37. The van der Waals surface area contributed by atoms with Crippen molar-refractivity contribution < 1.29 is 17.9 Å². The van der Waals surface area contributed by atoms with Crippen LogP contribution in [0.5, 0.6) is 5.75 Å². The third kappa shape index (κ3) is 5.43. The summed E-state index contributed by atoms with van der Waals surface area (Å²) >= 11 is 1.44. The number of pyridine rings is 1. The summed E-state index contributed by atoms with van der Waals surface area (Å²) in [6.07, 6.45) is 2.59. The third-order valence-corrected chi connectivity index (χ3v) is 9.63. The lowest BCUT2D eigenvalue weighted by Crippen LogP contribution is -2.44. The number of amides is 1. The molecule has 10 heteroatoms. The highest BCUT2D eigenvalue weighted by Gasteiger charge is 2.35. The molecular formula is C28H30N4O4S2. The molecule has 0 radical (unpaired) electrons. The van der Waals surface area contributed by atoms with Gasteiger partial charge in [0.15, 0.2) is 5.13 Å². The largest absolute Gasteiger partial charge is 0.492 e. The molecule has 198 valence electrons. The van der Waals surface area contributed by atoms with Crippen LogP contribution in [0.25, 0.3) is 10.2 Å². The molecule has 8 nitrogen and oxygen atoms in total. The minimum absolute atomic E-state index is 0.0694. The lowest BCUT2D eigenvalue weighted by atomic mass is 9.96. The van der Waals surface area contributed by atoms with Crippen molar-refractivity contribution in [2.24, 2.45) is 5.92 Å². The van der Waals surface area contributed by atoms with Crippen LogP contribution in [0.2, 0.25) is 0 Å². The van der Waals surface area contributed by atoms with E-state index in [0.717, 1.165) is 21.5 Å². The average molecular weight is 551 g/mol. The second-order valence-corrected chi connectivity index (χ2v) is 12.2. The molecule has 0 atom stereocenters. The fourth-order valence-electron chi connectivity index (χ4n) is 4.62. The normalized spacial score (nSPS) is 15.0. The molecule has 1 saturated heterocycles. The van der Waals surface area contributed by atoms with E-state index in [9.17, 15) is 13.2 Å². The number of benzene rings is 2. The number of ether oxygens (including phenoxy) is 1. The first-order valence-corrected chi connectivity index (χ1v) is 14.9. The van der Waals surface area contributed by atoms with Crippen molar-refractivity contribution in [3.8, 4) is 5.75 Å². The first-order chi connectivity index (χ1) is 18.4. The smallest absolute Gasteiger partial charge is 0.243 e. The Morgan fingerprint density at radius 1 is 1.08 bits per heavy atom. The Balaban J connectivity index is 1.38. The fraction of sp³-hybridized carbons (Fsp3) is 0.321. The van der Waals surface area contributed by atoms with E-state index in [-0.39, 0.29) is 23.3 Å². The van der Waals surface area contributed by atoms with Gasteiger partial charge in [-0.25, -0.2) is 13.4 Å². The Kier molecular flexibility index (Phi) is 7.73. The molecule has 38 heavy (non-hydrogen) atoms. The maximum Gasteiger partial charge on any atom is 0.243 e. The number of sulfonamides is 1. The van der Waals surface area contributed by atoms with E-state index in [0.29, 0.717) is 43.4 Å². The number of hydrogen-bond donors (Lipinski definition) is 0. The summed E-state index contributed by atoms with van der Waals surface area (Å²) < 4.78 is 34.5. The Morgan fingerprint density at radius 3 is 2.53 bits per heavy atom. The van der Waals surface area contributed by atoms with Crippen LogP contribution in [0.15, 0.2) is 71.8 Å². The van der Waals surface area contributed by atoms with Crippen LogP contribution in [-0.4, -0.2) is 48.3 Å². The third-order valence-electron chi connectivity index (χ3n) is 6.68. The summed E-state index contributed by atoms with van der Waals surface area (Å²) in [6.45, 7) is 5.23. The van der Waals surface area contributed by atoms with Gasteiger partial charge in [-0.05, 0) is 63.1 Å². The van der Waals surface area contributed by atoms with Gasteiger partial charge in [0.1, 0.15) is 11.3 Å². The molecule has 2 aromatic heterocycles. The van der Waals surface area contributed by atoms with Gasteiger partial charge in [0, 0.05) is 25.2 Å². The Labute approximate surface area is 227 Å². The minimum Gasteiger partial charge on any atom is -0.492 e. The van der Waals surface area contributed by atoms with E-state index in [1.54, 1.807) is 35.4 Å². The molecule has 4 aromatic rings. The molecular weight excluding hydrogens is 520 g/mol. The summed E-state index contributed by atoms with van der Waals surface area (Å²) in [7, 11) is -3.60. The molecule has 1 aliphatic rings. The van der Waals surface area contributed by atoms with Crippen molar-refractivity contribution in [1.82, 2.24) is 14.3 Å². The second kappa shape index (κ2) is 11.2. The number of hydrogen-bond acceptors (Lipinski definition) is 7. The van der Waals surface area contributed by atoms with Crippen LogP contribution in [0, 0.1) is 12.8 Å². The number of aromatic nitrogens is 2. The molecule has 0 bridgehead atoms. The van der Waals surface area contributed by atoms with Gasteiger partial charge in [-0.15, -0.1) is 0 Å². The molecule has 1 fully saturated rings. The summed E-state index contributed by atoms with van der Waals surface area (Å²) in [5, 5.41) is 0.581. The predicted molar refractivity (Wildman–Crippen MR) is 149 cm³/mol. The van der Waals surface area contributed by atoms with Gasteiger partial charge < -0.3 is 4.74 Å². The summed E-state index contributed by atoms with van der Waals surface area (Å²) in [5.74, 6) is 0.300. The zero-order chi connectivity index (χ0) is 26.7. The van der Waals surface area contributed by atoms with Gasteiger partial charge in [0.25, 0.3) is 0 Å². The molecule has 0 saturated carbocycles. The number of thiazole rings is 1. The Morgan fingerprint density at radius 2 is 1.84 bits per heavy atom. The van der Waals surface area contributed by atoms with Crippen molar-refractivity contribution in [3.05, 3.63) is 78.1 Å². The van der Waals surface area contributed by atoms with E-state index in [4.69, 9.17) is 9.72 Å². The number of para-hydroxylation sites is 1. The maximum atomic E-state index is 13.9. The fourth-order valence-corrected chi connectivity index (χ4v) is 7.07. The molecule has 0 unspecified atom stereocenters. The molecule has 2 aromatic carbocycles. The monoisotopic (exact) mass is 550 g/mol. The van der Waals surface area contributed by atoms with Crippen molar-refractivity contribution in [3.63, 3.8) is 0 Å². The molecule has 1 amide bonds. The van der Waals surface area contributed by atoms with E-state index in [1.807, 2.05) is 50.2 Å². The van der Waals surface area contributed by atoms with Gasteiger partial charge in [0.2, 0.25) is 15.9 Å². The molecule has 0 spiro atoms. The standard InChI is InChI=1S/C28H30N4O4S2/c1-3-36-24-8-6-9-25-26(24)30-28(37-25)32(19-22-7-4-5-16-29-22)27(33)21-14-17-31(18-15-21)38(34,35)23-12-10-20(2)11-13-23/h4-13,16,21H,3,14-15,17-19H2,1-2H3. The zero-order valence-electron chi connectivity index (χ0n) is 21.4. The number of carbonyl (C=O) groups is 1. The SMILES string of the molecule is CCOc1cccc2sc(N(Cc3ccccn3)C(=O)C3CCN(S(=O)(=O)c4ccc(C)cc4)CC3)nc12. The van der Waals surface area contributed by atoms with Crippen LogP contribution >= 0.6 is 11.3 Å². The highest BCUT2D eigenvalue weighted by molar-refractivity contribution is 7.89. The second-order valence-electron chi connectivity index (χ2n) is 9.27. The Bertz CT molecular complexity index is 1510. The van der Waals surface area contributed by atoms with Crippen molar-refractivity contribution in [1.29, 1.82) is 0 Å². The van der Waals surface area contributed by atoms with E-state index >= 15 is 0 Å². The number of fused-ring (bicyclic) bond motifs is 1. The quantitative estimate of drug-likeness (QED) is 0.305. The molecule has 1 aliphatic heterocycles. The topological polar surface area (TPSA) is 92.7 Å². The highest BCUT2D eigenvalue weighted by Crippen LogP contribution is 2.36. The summed E-state index contributed by atoms with van der Waals surface area (Å²) in [6, 6.07) is 18.3. The van der Waals surface area contributed by atoms with Gasteiger partial charge >= 0.3 is 0 Å². The van der Waals surface area contributed by atoms with Crippen LogP contribution in [0.3, 0.4) is 0 Å². The van der Waals surface area contributed by atoms with Crippen LogP contribution in [0.1, 0.15) is 31.0 Å². The lowest BCUT2D eigenvalue weighted by molar-refractivity contribution is -0.123. The van der Waals surface area contributed by atoms with E-state index in [2.05, 4.69) is 4.98 Å². The van der Waals surface area contributed by atoms with Crippen molar-refractivity contribution >= 4 is 42.6 Å². The minimum atomic E-state index is -3.60. The maximum absolute atomic E-state index is 13.9. The predicted octanol–water partition coefficient (Wildman–Crippen LogP) is 5.03.